The van der Waals surface area contributed by atoms with Gasteiger partial charge in [-0.15, -0.1) is 0 Å². The number of halogens is 2. The first-order valence-electron chi connectivity index (χ1n) is 10.1. The summed E-state index contributed by atoms with van der Waals surface area (Å²) in [6.07, 6.45) is 0.102. The number of nitrogens with one attached hydrogen (secondary N) is 1. The van der Waals surface area contributed by atoms with E-state index in [4.69, 9.17) is 5.73 Å². The van der Waals surface area contributed by atoms with E-state index in [1.165, 1.54) is 12.3 Å². The minimum atomic E-state index is -1.16. The predicted molar refractivity (Wildman–Crippen MR) is 121 cm³/mol. The third kappa shape index (κ3) is 5.19. The second-order valence-corrected chi connectivity index (χ2v) is 7.40. The van der Waals surface area contributed by atoms with Gasteiger partial charge in [-0.1, -0.05) is 48.5 Å². The number of anilines is 2. The summed E-state index contributed by atoms with van der Waals surface area (Å²) in [5.74, 6) is -2.47. The predicted octanol–water partition coefficient (Wildman–Crippen LogP) is 4.27. The molecule has 0 radical (unpaired) electrons. The van der Waals surface area contributed by atoms with Crippen LogP contribution in [-0.2, 0) is 11.2 Å². The first-order chi connectivity index (χ1) is 15.9. The average Bonchev–Trinajstić information content (AvgIpc) is 2.82. The molecule has 0 saturated heterocycles. The smallest absolute Gasteiger partial charge is 0.229 e. The number of benzene rings is 3. The Labute approximate surface area is 188 Å². The van der Waals surface area contributed by atoms with Gasteiger partial charge in [-0.05, 0) is 35.4 Å². The lowest BCUT2D eigenvalue weighted by Gasteiger charge is -2.16. The summed E-state index contributed by atoms with van der Waals surface area (Å²) in [5, 5.41) is 13.6. The fraction of sp³-hybridized carbons (Fsp3) is 0.0800. The van der Waals surface area contributed by atoms with Crippen LogP contribution in [0.3, 0.4) is 0 Å². The highest BCUT2D eigenvalue weighted by Gasteiger charge is 2.21. The van der Waals surface area contributed by atoms with Crippen molar-refractivity contribution in [3.63, 3.8) is 0 Å². The number of carbonyl (C=O) groups is 1. The van der Waals surface area contributed by atoms with E-state index in [-0.39, 0.29) is 17.9 Å². The molecule has 1 atom stereocenters. The maximum absolute atomic E-state index is 13.5. The Hall–Kier alpha value is -4.17. The van der Waals surface area contributed by atoms with E-state index >= 15 is 0 Å². The van der Waals surface area contributed by atoms with Crippen molar-refractivity contribution in [1.82, 2.24) is 9.97 Å². The van der Waals surface area contributed by atoms with E-state index in [1.807, 2.05) is 6.07 Å². The van der Waals surface area contributed by atoms with Crippen molar-refractivity contribution in [2.75, 3.05) is 11.1 Å². The Morgan fingerprint density at radius 1 is 1.00 bits per heavy atom. The summed E-state index contributed by atoms with van der Waals surface area (Å²) in [5.41, 5.74) is 8.57. The number of amides is 1. The van der Waals surface area contributed by atoms with Gasteiger partial charge < -0.3 is 16.2 Å². The van der Waals surface area contributed by atoms with Crippen LogP contribution in [0.5, 0.6) is 0 Å². The van der Waals surface area contributed by atoms with Gasteiger partial charge in [0.15, 0.2) is 17.5 Å². The summed E-state index contributed by atoms with van der Waals surface area (Å²) in [7, 11) is 0. The second kappa shape index (κ2) is 9.54. The number of nitrogens with zero attached hydrogens (tertiary/aromatic N) is 2. The molecule has 0 aliphatic heterocycles. The minimum Gasteiger partial charge on any atom is -0.399 e. The van der Waals surface area contributed by atoms with Gasteiger partial charge in [-0.3, -0.25) is 4.79 Å². The van der Waals surface area contributed by atoms with Crippen LogP contribution >= 0.6 is 0 Å². The van der Waals surface area contributed by atoms with Crippen LogP contribution in [0, 0.1) is 11.6 Å². The Kier molecular flexibility index (Phi) is 6.37. The number of carbonyl (C=O) groups excluding carboxylic acids is 1. The van der Waals surface area contributed by atoms with Gasteiger partial charge in [0.2, 0.25) is 5.91 Å². The van der Waals surface area contributed by atoms with E-state index in [0.717, 1.165) is 17.7 Å². The highest BCUT2D eigenvalue weighted by Crippen LogP contribution is 2.28. The maximum atomic E-state index is 13.5. The van der Waals surface area contributed by atoms with Crippen LogP contribution < -0.4 is 11.1 Å². The van der Waals surface area contributed by atoms with Gasteiger partial charge in [0.25, 0.3) is 0 Å². The van der Waals surface area contributed by atoms with Crippen LogP contribution in [0.15, 0.2) is 79.0 Å². The van der Waals surface area contributed by atoms with Crippen molar-refractivity contribution in [2.24, 2.45) is 0 Å². The average molecular weight is 446 g/mol. The number of aliphatic hydroxyl groups is 1. The molecule has 0 spiro atoms. The lowest BCUT2D eigenvalue weighted by molar-refractivity contribution is -0.115. The first-order valence-corrected chi connectivity index (χ1v) is 10.1. The van der Waals surface area contributed by atoms with Crippen LogP contribution in [0.25, 0.3) is 11.3 Å². The molecule has 0 aliphatic rings. The van der Waals surface area contributed by atoms with E-state index in [9.17, 15) is 18.7 Å². The van der Waals surface area contributed by atoms with Crippen LogP contribution in [0.4, 0.5) is 20.3 Å². The zero-order chi connectivity index (χ0) is 23.4. The number of aromatic nitrogens is 2. The molecule has 0 fully saturated rings. The second-order valence-electron chi connectivity index (χ2n) is 7.40. The highest BCUT2D eigenvalue weighted by atomic mass is 19.2. The van der Waals surface area contributed by atoms with Gasteiger partial charge in [-0.25, -0.2) is 18.7 Å². The molecular weight excluding hydrogens is 426 g/mol. The summed E-state index contributed by atoms with van der Waals surface area (Å²) >= 11 is 0. The van der Waals surface area contributed by atoms with Crippen molar-refractivity contribution < 1.29 is 18.7 Å². The van der Waals surface area contributed by atoms with Gasteiger partial charge in [0.1, 0.15) is 11.8 Å². The molecule has 4 aromatic rings. The number of aliphatic hydroxyl groups excluding tert-OH is 1. The summed E-state index contributed by atoms with van der Waals surface area (Å²) < 4.78 is 26.6. The minimum absolute atomic E-state index is 0.0677. The summed E-state index contributed by atoms with van der Waals surface area (Å²) in [6.45, 7) is 0. The van der Waals surface area contributed by atoms with E-state index in [1.54, 1.807) is 48.5 Å². The molecule has 1 aromatic heterocycles. The fourth-order valence-corrected chi connectivity index (χ4v) is 3.29. The first kappa shape index (κ1) is 22.0. The van der Waals surface area contributed by atoms with Crippen molar-refractivity contribution in [3.05, 3.63) is 107 Å². The van der Waals surface area contributed by atoms with Crippen molar-refractivity contribution in [3.8, 4) is 11.3 Å². The molecule has 4 N–H and O–H groups in total. The zero-order valence-corrected chi connectivity index (χ0v) is 17.4. The number of nitrogen functional groups attached to an aromatic ring is 1. The van der Waals surface area contributed by atoms with Gasteiger partial charge >= 0.3 is 0 Å². The van der Waals surface area contributed by atoms with Crippen LogP contribution in [0.2, 0.25) is 0 Å². The normalized spacial score (nSPS) is 11.7. The SMILES string of the molecule is Nc1ccc(-c2cnc(NC(=O)Cc3ccc(F)c(F)c3)c(C(O)c3ccccc3)n2)cc1. The van der Waals surface area contributed by atoms with Gasteiger partial charge in [0.05, 0.1) is 18.3 Å². The number of nitrogens with two attached hydrogens (primary N) is 1. The molecule has 6 nitrogen and oxygen atoms in total. The van der Waals surface area contributed by atoms with Crippen molar-refractivity contribution >= 4 is 17.4 Å². The Balaban J connectivity index is 1.66. The molecule has 8 heteroatoms. The molecule has 0 saturated carbocycles. The molecule has 1 heterocycles. The lowest BCUT2D eigenvalue weighted by atomic mass is 10.1. The molecule has 33 heavy (non-hydrogen) atoms. The largest absolute Gasteiger partial charge is 0.399 e. The molecule has 1 amide bonds. The third-order valence-corrected chi connectivity index (χ3v) is 4.99. The quantitative estimate of drug-likeness (QED) is 0.384. The van der Waals surface area contributed by atoms with Gasteiger partial charge in [0, 0.05) is 11.3 Å². The van der Waals surface area contributed by atoms with Crippen LogP contribution in [-0.4, -0.2) is 21.0 Å². The van der Waals surface area contributed by atoms with E-state index < -0.39 is 23.6 Å². The van der Waals surface area contributed by atoms with E-state index in [0.29, 0.717) is 22.5 Å². The van der Waals surface area contributed by atoms with E-state index in [2.05, 4.69) is 15.3 Å². The number of hydrogen-bond acceptors (Lipinski definition) is 5. The summed E-state index contributed by atoms with van der Waals surface area (Å²) in [4.78, 5) is 21.5. The standard InChI is InChI=1S/C25H20F2N4O2/c26-19-11-6-15(12-20(19)27)13-22(32)31-25-23(24(33)17-4-2-1-3-5-17)30-21(14-29-25)16-7-9-18(28)10-8-16/h1-12,14,24,33H,13,28H2,(H,29,31,32). The van der Waals surface area contributed by atoms with Gasteiger partial charge in [-0.2, -0.15) is 0 Å². The topological polar surface area (TPSA) is 101 Å². The van der Waals surface area contributed by atoms with Crippen molar-refractivity contribution in [1.29, 1.82) is 0 Å². The maximum Gasteiger partial charge on any atom is 0.229 e. The molecule has 166 valence electrons. The molecular formula is C25H20F2N4O2. The van der Waals surface area contributed by atoms with Crippen LogP contribution in [0.1, 0.15) is 22.9 Å². The molecule has 4 rings (SSSR count). The van der Waals surface area contributed by atoms with Crippen molar-refractivity contribution in [2.45, 2.75) is 12.5 Å². The summed E-state index contributed by atoms with van der Waals surface area (Å²) in [6, 6.07) is 19.1. The molecule has 0 aliphatic carbocycles. The molecule has 3 aromatic carbocycles. The molecule has 1 unspecified atom stereocenters. The Bertz CT molecular complexity index is 1280. The zero-order valence-electron chi connectivity index (χ0n) is 17.4. The highest BCUT2D eigenvalue weighted by molar-refractivity contribution is 5.92. The Morgan fingerprint density at radius 3 is 2.42 bits per heavy atom. The lowest BCUT2D eigenvalue weighted by Crippen LogP contribution is -2.19. The number of rotatable bonds is 6. The third-order valence-electron chi connectivity index (χ3n) is 4.99. The Morgan fingerprint density at radius 2 is 1.73 bits per heavy atom. The number of hydrogen-bond donors (Lipinski definition) is 3. The fourth-order valence-electron chi connectivity index (χ4n) is 3.29. The molecule has 0 bridgehead atoms. The monoisotopic (exact) mass is 446 g/mol.